The summed E-state index contributed by atoms with van der Waals surface area (Å²) in [5, 5.41) is 0. The highest BCUT2D eigenvalue weighted by atomic mass is 127. The van der Waals surface area contributed by atoms with Gasteiger partial charge in [0, 0.05) is 0 Å². The van der Waals surface area contributed by atoms with Gasteiger partial charge in [0.05, 0.1) is 7.11 Å². The lowest BCUT2D eigenvalue weighted by molar-refractivity contribution is -0.597. The number of esters is 1. The van der Waals surface area contributed by atoms with Gasteiger partial charge in [-0.3, -0.25) is 0 Å². The minimum Gasteiger partial charge on any atom is -0.482 e. The van der Waals surface area contributed by atoms with Crippen LogP contribution >= 0.6 is 0 Å². The zero-order chi connectivity index (χ0) is 13.5. The Bertz CT molecular complexity index is 523. The van der Waals surface area contributed by atoms with E-state index in [-0.39, 0.29) is 33.8 Å². The third-order valence-corrected chi connectivity index (χ3v) is 5.03. The lowest BCUT2D eigenvalue weighted by Gasteiger charge is -2.03. The summed E-state index contributed by atoms with van der Waals surface area (Å²) < 4.78 is 12.5. The van der Waals surface area contributed by atoms with Gasteiger partial charge in [0.2, 0.25) is 0 Å². The fraction of sp³-hybridized carbons (Fsp3) is 0.133. The molecule has 4 heteroatoms. The quantitative estimate of drug-likeness (QED) is 0.520. The number of halogens is 1. The van der Waals surface area contributed by atoms with Crippen molar-refractivity contribution in [2.45, 2.75) is 0 Å². The minimum atomic E-state index is -0.374. The van der Waals surface area contributed by atoms with Crippen LogP contribution in [0.2, 0.25) is 0 Å². The number of ether oxygens (including phenoxy) is 2. The Balaban J connectivity index is 1.93. The summed E-state index contributed by atoms with van der Waals surface area (Å²) in [7, 11) is 1.35. The lowest BCUT2D eigenvalue weighted by atomic mass is 10.3. The molecule has 0 fully saturated rings. The molecule has 19 heavy (non-hydrogen) atoms. The lowest BCUT2D eigenvalue weighted by Crippen LogP contribution is -3.61. The average Bonchev–Trinajstić information content (AvgIpc) is 2.47. The highest BCUT2D eigenvalue weighted by molar-refractivity contribution is 5.70. The molecular formula is C15H14IO3+. The third-order valence-electron chi connectivity index (χ3n) is 2.35. The molecule has 0 spiro atoms. The molecule has 0 radical (unpaired) electrons. The molecule has 2 aromatic rings. The van der Waals surface area contributed by atoms with E-state index in [1.165, 1.54) is 14.3 Å². The van der Waals surface area contributed by atoms with E-state index in [0.717, 1.165) is 0 Å². The molecule has 2 rings (SSSR count). The molecule has 98 valence electrons. The van der Waals surface area contributed by atoms with Crippen molar-refractivity contribution >= 4 is 5.97 Å². The molecule has 0 aliphatic rings. The highest BCUT2D eigenvalue weighted by Gasteiger charge is 2.14. The Kier molecular flexibility index (Phi) is 5.20. The van der Waals surface area contributed by atoms with Gasteiger partial charge in [-0.2, -0.15) is 0 Å². The van der Waals surface area contributed by atoms with Crippen molar-refractivity contribution in [1.82, 2.24) is 0 Å². The second-order valence-electron chi connectivity index (χ2n) is 3.71. The number of methoxy groups -OCH3 is 1. The number of carbonyl (C=O) groups excluding carboxylic acids is 1. The summed E-state index contributed by atoms with van der Waals surface area (Å²) >= 11 is -0.157. The van der Waals surface area contributed by atoms with Gasteiger partial charge in [-0.15, -0.1) is 0 Å². The maximum atomic E-state index is 11.0. The fourth-order valence-electron chi connectivity index (χ4n) is 1.40. The van der Waals surface area contributed by atoms with E-state index in [4.69, 9.17) is 4.74 Å². The second kappa shape index (κ2) is 7.13. The number of benzene rings is 2. The molecule has 0 bridgehead atoms. The predicted molar refractivity (Wildman–Crippen MR) is 67.8 cm³/mol. The zero-order valence-corrected chi connectivity index (χ0v) is 12.7. The standard InChI is InChI=1S/C15H14IO3/c1-18-15(17)11-19-14-9-7-13(8-10-14)16-12-5-3-2-4-6-12/h2-10H,11H2,1H3/q+1. The molecule has 0 atom stereocenters. The van der Waals surface area contributed by atoms with Gasteiger partial charge in [-0.1, -0.05) is 18.2 Å². The molecule has 0 saturated heterocycles. The van der Waals surface area contributed by atoms with E-state index in [1.54, 1.807) is 0 Å². The highest BCUT2D eigenvalue weighted by Crippen LogP contribution is 2.08. The first-order valence-corrected chi connectivity index (χ1v) is 7.93. The Morgan fingerprint density at radius 3 is 2.26 bits per heavy atom. The van der Waals surface area contributed by atoms with Gasteiger partial charge < -0.3 is 9.47 Å². The van der Waals surface area contributed by atoms with Crippen LogP contribution in [0.25, 0.3) is 0 Å². The van der Waals surface area contributed by atoms with Crippen molar-refractivity contribution in [3.63, 3.8) is 0 Å². The van der Waals surface area contributed by atoms with Crippen LogP contribution in [0.15, 0.2) is 54.6 Å². The SMILES string of the molecule is COC(=O)COc1ccc([I+]c2ccccc2)cc1. The fourth-order valence-corrected chi connectivity index (χ4v) is 3.61. The zero-order valence-electron chi connectivity index (χ0n) is 10.5. The van der Waals surface area contributed by atoms with Gasteiger partial charge in [0.1, 0.15) is 5.75 Å². The van der Waals surface area contributed by atoms with E-state index in [2.05, 4.69) is 29.0 Å². The molecular weight excluding hydrogens is 355 g/mol. The van der Waals surface area contributed by atoms with Crippen molar-refractivity contribution in [3.8, 4) is 5.75 Å². The van der Waals surface area contributed by atoms with E-state index in [9.17, 15) is 4.79 Å². The molecule has 0 saturated carbocycles. The molecule has 0 N–H and O–H groups in total. The summed E-state index contributed by atoms with van der Waals surface area (Å²) in [5.74, 6) is 0.312. The van der Waals surface area contributed by atoms with Gasteiger partial charge in [-0.05, 0) is 36.4 Å². The Hall–Kier alpha value is -1.56. The van der Waals surface area contributed by atoms with Gasteiger partial charge in [0.15, 0.2) is 13.7 Å². The van der Waals surface area contributed by atoms with Crippen LogP contribution in [0, 0.1) is 7.14 Å². The Labute approximate surface area is 122 Å². The summed E-state index contributed by atoms with van der Waals surface area (Å²) in [6.45, 7) is -0.0520. The molecule has 0 unspecified atom stereocenters. The first-order chi connectivity index (χ1) is 9.28. The molecule has 0 aliphatic heterocycles. The Morgan fingerprint density at radius 2 is 1.63 bits per heavy atom. The van der Waals surface area contributed by atoms with Crippen LogP contribution in [0.3, 0.4) is 0 Å². The largest absolute Gasteiger partial charge is 0.482 e. The van der Waals surface area contributed by atoms with E-state index < -0.39 is 0 Å². The third kappa shape index (κ3) is 4.55. The van der Waals surface area contributed by atoms with Gasteiger partial charge in [-0.25, -0.2) is 4.79 Å². The second-order valence-corrected chi connectivity index (χ2v) is 6.74. The maximum Gasteiger partial charge on any atom is 0.357 e. The van der Waals surface area contributed by atoms with E-state index >= 15 is 0 Å². The smallest absolute Gasteiger partial charge is 0.357 e. The predicted octanol–water partition coefficient (Wildman–Crippen LogP) is -0.633. The van der Waals surface area contributed by atoms with Crippen molar-refractivity contribution in [3.05, 3.63) is 61.7 Å². The van der Waals surface area contributed by atoms with Crippen molar-refractivity contribution < 1.29 is 35.5 Å². The first kappa shape index (κ1) is 13.9. The van der Waals surface area contributed by atoms with Crippen LogP contribution in [0.4, 0.5) is 0 Å². The number of rotatable bonds is 5. The first-order valence-electron chi connectivity index (χ1n) is 5.77. The van der Waals surface area contributed by atoms with Crippen LogP contribution in [0.5, 0.6) is 5.75 Å². The van der Waals surface area contributed by atoms with E-state index in [1.807, 2.05) is 30.3 Å². The normalized spacial score (nSPS) is 9.95. The molecule has 0 aliphatic carbocycles. The molecule has 2 aromatic carbocycles. The van der Waals surface area contributed by atoms with Crippen molar-refractivity contribution in [1.29, 1.82) is 0 Å². The maximum absolute atomic E-state index is 11.0. The van der Waals surface area contributed by atoms with Crippen molar-refractivity contribution in [2.24, 2.45) is 0 Å². The van der Waals surface area contributed by atoms with Crippen LogP contribution in [-0.2, 0) is 9.53 Å². The van der Waals surface area contributed by atoms with Gasteiger partial charge in [0.25, 0.3) is 0 Å². The summed E-state index contributed by atoms with van der Waals surface area (Å²) in [6.07, 6.45) is 0. The molecule has 3 nitrogen and oxygen atoms in total. The van der Waals surface area contributed by atoms with Crippen molar-refractivity contribution in [2.75, 3.05) is 13.7 Å². The monoisotopic (exact) mass is 369 g/mol. The molecule has 0 heterocycles. The van der Waals surface area contributed by atoms with Gasteiger partial charge >= 0.3 is 27.2 Å². The Morgan fingerprint density at radius 1 is 1.00 bits per heavy atom. The number of hydrogen-bond donors (Lipinski definition) is 0. The average molecular weight is 369 g/mol. The van der Waals surface area contributed by atoms with Crippen LogP contribution in [0.1, 0.15) is 0 Å². The summed E-state index contributed by atoms with van der Waals surface area (Å²) in [4.78, 5) is 11.0. The molecule has 0 amide bonds. The summed E-state index contributed by atoms with van der Waals surface area (Å²) in [5.41, 5.74) is 0. The molecule has 0 aromatic heterocycles. The number of hydrogen-bond acceptors (Lipinski definition) is 3. The van der Waals surface area contributed by atoms with Crippen LogP contribution in [-0.4, -0.2) is 19.7 Å². The van der Waals surface area contributed by atoms with Crippen LogP contribution < -0.4 is 25.9 Å². The van der Waals surface area contributed by atoms with E-state index in [0.29, 0.717) is 5.75 Å². The summed E-state index contributed by atoms with van der Waals surface area (Å²) in [6, 6.07) is 18.3. The minimum absolute atomic E-state index is 0.0520. The number of carbonyl (C=O) groups is 1. The topological polar surface area (TPSA) is 35.5 Å².